The molecule has 4 nitrogen and oxygen atoms in total. The molecule has 4 atom stereocenters. The van der Waals surface area contributed by atoms with Crippen molar-refractivity contribution in [2.45, 2.75) is 18.6 Å². The maximum Gasteiger partial charge on any atom is 0.241 e. The monoisotopic (exact) mass is 307 g/mol. The molecule has 3 aliphatic heterocycles. The van der Waals surface area contributed by atoms with Crippen molar-refractivity contribution in [2.24, 2.45) is 11.8 Å². The van der Waals surface area contributed by atoms with Crippen molar-refractivity contribution in [3.05, 3.63) is 41.2 Å². The number of halogens is 2. The molecule has 0 N–H and O–H groups in total. The van der Waals surface area contributed by atoms with E-state index in [2.05, 4.69) is 0 Å². The van der Waals surface area contributed by atoms with Crippen LogP contribution in [0.25, 0.3) is 0 Å². The summed E-state index contributed by atoms with van der Waals surface area (Å²) in [4.78, 5) is 26.3. The maximum absolute atomic E-state index is 13.3. The lowest BCUT2D eigenvalue weighted by Crippen LogP contribution is -2.38. The molecule has 0 aliphatic carbocycles. The van der Waals surface area contributed by atoms with Gasteiger partial charge in [-0.1, -0.05) is 23.8 Å². The summed E-state index contributed by atoms with van der Waals surface area (Å²) >= 11 is 5.74. The molecule has 0 radical (unpaired) electrons. The second kappa shape index (κ2) is 3.93. The molecule has 1 aromatic rings. The Morgan fingerprint density at radius 1 is 1.33 bits per heavy atom. The van der Waals surface area contributed by atoms with Crippen LogP contribution in [-0.4, -0.2) is 23.5 Å². The van der Waals surface area contributed by atoms with Crippen LogP contribution in [0.4, 0.5) is 10.1 Å². The van der Waals surface area contributed by atoms with Gasteiger partial charge < -0.3 is 4.74 Å². The molecular formula is C15H11ClFNO3. The first-order valence-electron chi connectivity index (χ1n) is 6.62. The summed E-state index contributed by atoms with van der Waals surface area (Å²) < 4.78 is 19.0. The zero-order valence-corrected chi connectivity index (χ0v) is 11.8. The summed E-state index contributed by atoms with van der Waals surface area (Å²) in [7, 11) is 0. The quantitative estimate of drug-likeness (QED) is 0.591. The van der Waals surface area contributed by atoms with Gasteiger partial charge in [-0.15, -0.1) is 0 Å². The lowest BCUT2D eigenvalue weighted by molar-refractivity contribution is -0.126. The number of fused-ring (bicyclic) bond motifs is 5. The van der Waals surface area contributed by atoms with Gasteiger partial charge in [0.15, 0.2) is 0 Å². The van der Waals surface area contributed by atoms with Gasteiger partial charge in [0, 0.05) is 0 Å². The Morgan fingerprint density at radius 2 is 2.10 bits per heavy atom. The van der Waals surface area contributed by atoms with Gasteiger partial charge in [-0.25, -0.2) is 9.29 Å². The van der Waals surface area contributed by atoms with E-state index in [1.807, 2.05) is 12.2 Å². The van der Waals surface area contributed by atoms with E-state index in [0.29, 0.717) is 5.69 Å². The molecule has 21 heavy (non-hydrogen) atoms. The Hall–Kier alpha value is -1.72. The summed E-state index contributed by atoms with van der Waals surface area (Å²) in [6, 6.07) is 3.83. The van der Waals surface area contributed by atoms with Crippen LogP contribution in [0.15, 0.2) is 30.4 Å². The molecule has 2 amide bonds. The highest BCUT2D eigenvalue weighted by Gasteiger charge is 2.66. The molecule has 0 saturated carbocycles. The average molecular weight is 308 g/mol. The van der Waals surface area contributed by atoms with Crippen LogP contribution in [0.5, 0.6) is 0 Å². The van der Waals surface area contributed by atoms with Gasteiger partial charge in [0.05, 0.1) is 34.3 Å². The van der Waals surface area contributed by atoms with Crippen LogP contribution in [0.1, 0.15) is 6.92 Å². The van der Waals surface area contributed by atoms with Crippen molar-refractivity contribution in [3.8, 4) is 0 Å². The molecule has 2 bridgehead atoms. The van der Waals surface area contributed by atoms with Gasteiger partial charge in [-0.2, -0.15) is 0 Å². The minimum Gasteiger partial charge on any atom is -0.362 e. The van der Waals surface area contributed by atoms with Crippen LogP contribution in [0, 0.1) is 17.7 Å². The van der Waals surface area contributed by atoms with Crippen LogP contribution in [-0.2, 0) is 14.3 Å². The topological polar surface area (TPSA) is 46.6 Å². The molecule has 1 aromatic carbocycles. The first kappa shape index (κ1) is 13.0. The fraction of sp³-hybridized carbons (Fsp3) is 0.333. The van der Waals surface area contributed by atoms with E-state index in [4.69, 9.17) is 16.3 Å². The summed E-state index contributed by atoms with van der Waals surface area (Å²) in [5.74, 6) is -2.25. The molecule has 3 heterocycles. The van der Waals surface area contributed by atoms with E-state index >= 15 is 0 Å². The van der Waals surface area contributed by atoms with E-state index in [0.717, 1.165) is 11.0 Å². The molecule has 0 spiro atoms. The minimum absolute atomic E-state index is 0.117. The van der Waals surface area contributed by atoms with Crippen molar-refractivity contribution in [3.63, 3.8) is 0 Å². The highest BCUT2D eigenvalue weighted by atomic mass is 35.5. The predicted molar refractivity (Wildman–Crippen MR) is 73.3 cm³/mol. The number of hydrogen-bond acceptors (Lipinski definition) is 3. The van der Waals surface area contributed by atoms with Gasteiger partial charge in [0.2, 0.25) is 11.8 Å². The number of benzene rings is 1. The van der Waals surface area contributed by atoms with E-state index in [1.165, 1.54) is 12.1 Å². The molecule has 3 aliphatic rings. The number of amides is 2. The smallest absolute Gasteiger partial charge is 0.241 e. The second-order valence-corrected chi connectivity index (χ2v) is 6.15. The third-order valence-electron chi connectivity index (χ3n) is 4.49. The van der Waals surface area contributed by atoms with Crippen molar-refractivity contribution >= 4 is 29.1 Å². The molecule has 2 saturated heterocycles. The van der Waals surface area contributed by atoms with Crippen LogP contribution in [0.3, 0.4) is 0 Å². The summed E-state index contributed by atoms with van der Waals surface area (Å²) in [5.41, 5.74) is -0.436. The highest BCUT2D eigenvalue weighted by molar-refractivity contribution is 6.31. The maximum atomic E-state index is 13.3. The normalized spacial score (nSPS) is 36.7. The largest absolute Gasteiger partial charge is 0.362 e. The Morgan fingerprint density at radius 3 is 2.76 bits per heavy atom. The van der Waals surface area contributed by atoms with Gasteiger partial charge >= 0.3 is 0 Å². The van der Waals surface area contributed by atoms with Crippen molar-refractivity contribution in [2.75, 3.05) is 4.90 Å². The molecule has 0 aromatic heterocycles. The molecule has 0 unspecified atom stereocenters. The van der Waals surface area contributed by atoms with E-state index in [9.17, 15) is 14.0 Å². The zero-order valence-electron chi connectivity index (χ0n) is 11.0. The Labute approximate surface area is 125 Å². The van der Waals surface area contributed by atoms with Gasteiger partial charge in [0.25, 0.3) is 0 Å². The SMILES string of the molecule is C[C@]12C=C[C@@H](O1)[C@H]1C(=O)N(c3ccc(F)c(Cl)c3)C(=O)[C@@H]12. The first-order valence-corrected chi connectivity index (χ1v) is 7.00. The zero-order chi connectivity index (χ0) is 14.9. The van der Waals surface area contributed by atoms with Crippen LogP contribution < -0.4 is 4.90 Å². The Bertz CT molecular complexity index is 719. The summed E-state index contributed by atoms with van der Waals surface area (Å²) in [5, 5.41) is -0.117. The number of anilines is 1. The Balaban J connectivity index is 1.78. The second-order valence-electron chi connectivity index (χ2n) is 5.74. The van der Waals surface area contributed by atoms with E-state index in [-0.39, 0.29) is 22.9 Å². The predicted octanol–water partition coefficient (Wildman–Crippen LogP) is 2.31. The van der Waals surface area contributed by atoms with Crippen molar-refractivity contribution in [1.29, 1.82) is 0 Å². The van der Waals surface area contributed by atoms with Gasteiger partial charge in [-0.3, -0.25) is 9.59 Å². The molecule has 4 rings (SSSR count). The number of rotatable bonds is 1. The highest BCUT2D eigenvalue weighted by Crippen LogP contribution is 2.52. The minimum atomic E-state index is -0.735. The third-order valence-corrected chi connectivity index (χ3v) is 4.78. The number of nitrogens with zero attached hydrogens (tertiary/aromatic N) is 1. The summed E-state index contributed by atoms with van der Waals surface area (Å²) in [6.45, 7) is 1.81. The number of carbonyl (C=O) groups excluding carboxylic acids is 2. The molecule has 108 valence electrons. The summed E-state index contributed by atoms with van der Waals surface area (Å²) in [6.07, 6.45) is 3.30. The fourth-order valence-corrected chi connectivity index (χ4v) is 3.71. The number of hydrogen-bond donors (Lipinski definition) is 0. The van der Waals surface area contributed by atoms with E-state index in [1.54, 1.807) is 6.92 Å². The number of carbonyl (C=O) groups is 2. The van der Waals surface area contributed by atoms with Gasteiger partial charge in [0.1, 0.15) is 5.82 Å². The fourth-order valence-electron chi connectivity index (χ4n) is 3.53. The van der Waals surface area contributed by atoms with Crippen LogP contribution in [0.2, 0.25) is 5.02 Å². The first-order chi connectivity index (χ1) is 9.92. The average Bonchev–Trinajstić information content (AvgIpc) is 3.03. The number of imide groups is 1. The van der Waals surface area contributed by atoms with Gasteiger partial charge in [-0.05, 0) is 25.1 Å². The van der Waals surface area contributed by atoms with Crippen LogP contribution >= 0.6 is 11.6 Å². The lowest BCUT2D eigenvalue weighted by Gasteiger charge is -2.24. The standard InChI is InChI=1S/C15H11ClFNO3/c1-15-5-4-10(21-15)11-12(15)14(20)18(13(11)19)7-2-3-9(17)8(16)6-7/h2-6,10-12H,1H3/t10-,11-,12-,15-/m1/s1. The Kier molecular flexibility index (Phi) is 2.43. The van der Waals surface area contributed by atoms with Crippen molar-refractivity contribution in [1.82, 2.24) is 0 Å². The molecule has 6 heteroatoms. The third kappa shape index (κ3) is 1.53. The molecular weight excluding hydrogens is 297 g/mol. The van der Waals surface area contributed by atoms with E-state index < -0.39 is 23.3 Å². The number of ether oxygens (including phenoxy) is 1. The molecule has 2 fully saturated rings. The lowest BCUT2D eigenvalue weighted by atomic mass is 9.78. The van der Waals surface area contributed by atoms with Crippen molar-refractivity contribution < 1.29 is 18.7 Å².